The Kier molecular flexibility index (Phi) is 7.11. The molecule has 0 fully saturated rings. The second-order valence-corrected chi connectivity index (χ2v) is 8.68. The van der Waals surface area contributed by atoms with E-state index in [9.17, 15) is 19.5 Å². The summed E-state index contributed by atoms with van der Waals surface area (Å²) in [6.07, 6.45) is 0.00809. The van der Waals surface area contributed by atoms with Gasteiger partial charge in [-0.3, -0.25) is 9.59 Å². The van der Waals surface area contributed by atoms with E-state index in [1.165, 1.54) is 6.07 Å². The summed E-state index contributed by atoms with van der Waals surface area (Å²) in [5.41, 5.74) is 8.63. The molecule has 1 aliphatic heterocycles. The van der Waals surface area contributed by atoms with Crippen LogP contribution in [0.3, 0.4) is 0 Å². The Hall–Kier alpha value is -3.03. The molecule has 0 spiro atoms. The Bertz CT molecular complexity index is 1110. The number of anilines is 1. The number of fused-ring (bicyclic) bond motifs is 1. The zero-order valence-electron chi connectivity index (χ0n) is 17.5. The summed E-state index contributed by atoms with van der Waals surface area (Å²) in [6.45, 7) is 3.96. The van der Waals surface area contributed by atoms with Crippen LogP contribution in [0.4, 0.5) is 5.69 Å². The molecule has 9 heteroatoms. The van der Waals surface area contributed by atoms with Gasteiger partial charge in [0.2, 0.25) is 11.8 Å². The molecule has 0 aromatic heterocycles. The Balaban J connectivity index is 2.07. The lowest BCUT2D eigenvalue weighted by atomic mass is 9.85. The molecule has 2 aromatic rings. The summed E-state index contributed by atoms with van der Waals surface area (Å²) in [6, 6.07) is 9.10. The fourth-order valence-corrected chi connectivity index (χ4v) is 4.17. The third-order valence-electron chi connectivity index (χ3n) is 5.17. The van der Waals surface area contributed by atoms with Gasteiger partial charge in [-0.05, 0) is 28.8 Å². The summed E-state index contributed by atoms with van der Waals surface area (Å²) in [7, 11) is 0. The normalized spacial score (nSPS) is 16.7. The Morgan fingerprint density at radius 1 is 1.19 bits per heavy atom. The molecule has 0 saturated heterocycles. The highest BCUT2D eigenvalue weighted by molar-refractivity contribution is 6.38. The van der Waals surface area contributed by atoms with Gasteiger partial charge in [0.05, 0.1) is 10.6 Å². The van der Waals surface area contributed by atoms with Crippen LogP contribution < -0.4 is 16.4 Å². The van der Waals surface area contributed by atoms with E-state index in [1.807, 2.05) is 13.8 Å². The first-order chi connectivity index (χ1) is 15.1. The molecule has 2 aromatic carbocycles. The summed E-state index contributed by atoms with van der Waals surface area (Å²) in [5.74, 6) is -1.97. The first-order valence-corrected chi connectivity index (χ1v) is 10.7. The van der Waals surface area contributed by atoms with Crippen molar-refractivity contribution in [2.75, 3.05) is 5.32 Å². The van der Waals surface area contributed by atoms with Crippen LogP contribution in [-0.4, -0.2) is 28.9 Å². The van der Waals surface area contributed by atoms with E-state index < -0.39 is 17.9 Å². The second kappa shape index (κ2) is 9.63. The molecule has 3 rings (SSSR count). The predicted octanol–water partition coefficient (Wildman–Crippen LogP) is 3.93. The Morgan fingerprint density at radius 3 is 2.41 bits per heavy atom. The number of amides is 2. The zero-order chi connectivity index (χ0) is 23.6. The highest BCUT2D eigenvalue weighted by atomic mass is 35.5. The van der Waals surface area contributed by atoms with Gasteiger partial charge in [0.1, 0.15) is 6.04 Å². The minimum atomic E-state index is -1.08. The molecule has 7 nitrogen and oxygen atoms in total. The Morgan fingerprint density at radius 2 is 1.84 bits per heavy atom. The Labute approximate surface area is 195 Å². The van der Waals surface area contributed by atoms with Crippen LogP contribution in [0.2, 0.25) is 10.0 Å². The van der Waals surface area contributed by atoms with E-state index in [-0.39, 0.29) is 28.8 Å². The molecular weight excluding hydrogens is 453 g/mol. The summed E-state index contributed by atoms with van der Waals surface area (Å²) < 4.78 is 0. The number of rotatable bonds is 6. The van der Waals surface area contributed by atoms with Crippen molar-refractivity contribution >= 4 is 57.8 Å². The highest BCUT2D eigenvalue weighted by Crippen LogP contribution is 2.43. The molecule has 0 radical (unpaired) electrons. The van der Waals surface area contributed by atoms with Crippen LogP contribution in [0, 0.1) is 5.92 Å². The second-order valence-electron chi connectivity index (χ2n) is 7.84. The number of primary amides is 1. The van der Waals surface area contributed by atoms with Crippen LogP contribution in [0.25, 0.3) is 11.1 Å². The number of benzene rings is 2. The SMILES string of the molecule is CC(C)C(=O)NCc1ccc(/C(C(N)=O)=C2\CC(C(=O)O)Nc3cc(Cl)cc(Cl)c32)cc1. The monoisotopic (exact) mass is 475 g/mol. The maximum absolute atomic E-state index is 12.5. The maximum Gasteiger partial charge on any atom is 0.326 e. The van der Waals surface area contributed by atoms with Crippen molar-refractivity contribution in [2.45, 2.75) is 32.9 Å². The number of aliphatic carboxylic acids is 1. The average molecular weight is 476 g/mol. The van der Waals surface area contributed by atoms with E-state index in [1.54, 1.807) is 30.3 Å². The lowest BCUT2D eigenvalue weighted by Gasteiger charge is -2.29. The van der Waals surface area contributed by atoms with Crippen LogP contribution in [0.15, 0.2) is 36.4 Å². The van der Waals surface area contributed by atoms with Crippen molar-refractivity contribution in [3.63, 3.8) is 0 Å². The topological polar surface area (TPSA) is 122 Å². The van der Waals surface area contributed by atoms with Crippen LogP contribution in [-0.2, 0) is 20.9 Å². The van der Waals surface area contributed by atoms with Gasteiger partial charge in [-0.1, -0.05) is 61.3 Å². The number of carboxylic acid groups (broad SMARTS) is 1. The first kappa shape index (κ1) is 23.6. The van der Waals surface area contributed by atoms with Crippen LogP contribution >= 0.6 is 23.2 Å². The summed E-state index contributed by atoms with van der Waals surface area (Å²) >= 11 is 12.5. The molecule has 1 heterocycles. The van der Waals surface area contributed by atoms with E-state index >= 15 is 0 Å². The third-order valence-corrected chi connectivity index (χ3v) is 5.69. The fourth-order valence-electron chi connectivity index (χ4n) is 3.56. The summed E-state index contributed by atoms with van der Waals surface area (Å²) in [5, 5.41) is 15.9. The number of halogens is 2. The van der Waals surface area contributed by atoms with Gasteiger partial charge in [-0.2, -0.15) is 0 Å². The molecule has 0 bridgehead atoms. The largest absolute Gasteiger partial charge is 0.480 e. The van der Waals surface area contributed by atoms with Gasteiger partial charge in [0, 0.05) is 35.2 Å². The number of carbonyl (C=O) groups is 3. The molecule has 168 valence electrons. The maximum atomic E-state index is 12.5. The standard InChI is InChI=1S/C23H23Cl2N3O4/c1-11(2)22(30)27-10-12-3-5-13(6-4-12)19(21(26)29)15-9-18(23(31)32)28-17-8-14(24)7-16(25)20(15)17/h3-8,11,18,28H,9-10H2,1-2H3,(H2,26,29)(H,27,30)(H,31,32)/b19-15-. The molecule has 2 amide bonds. The van der Waals surface area contributed by atoms with Crippen molar-refractivity contribution in [3.05, 3.63) is 63.1 Å². The van der Waals surface area contributed by atoms with E-state index in [2.05, 4.69) is 10.6 Å². The zero-order valence-corrected chi connectivity index (χ0v) is 19.1. The van der Waals surface area contributed by atoms with Crippen molar-refractivity contribution in [1.29, 1.82) is 0 Å². The lowest BCUT2D eigenvalue weighted by molar-refractivity contribution is -0.137. The lowest BCUT2D eigenvalue weighted by Crippen LogP contribution is -2.33. The highest BCUT2D eigenvalue weighted by Gasteiger charge is 2.32. The number of nitrogens with one attached hydrogen (secondary N) is 2. The fraction of sp³-hybridized carbons (Fsp3) is 0.261. The van der Waals surface area contributed by atoms with Crippen molar-refractivity contribution in [1.82, 2.24) is 5.32 Å². The molecule has 5 N–H and O–H groups in total. The number of carbonyl (C=O) groups excluding carboxylic acids is 2. The molecule has 1 aliphatic rings. The van der Waals surface area contributed by atoms with Gasteiger partial charge >= 0.3 is 5.97 Å². The van der Waals surface area contributed by atoms with Gasteiger partial charge in [-0.25, -0.2) is 4.79 Å². The minimum Gasteiger partial charge on any atom is -0.480 e. The van der Waals surface area contributed by atoms with Crippen molar-refractivity contribution in [3.8, 4) is 0 Å². The molecular formula is C23H23Cl2N3O4. The van der Waals surface area contributed by atoms with E-state index in [4.69, 9.17) is 28.9 Å². The average Bonchev–Trinajstić information content (AvgIpc) is 2.71. The van der Waals surface area contributed by atoms with E-state index in [0.717, 1.165) is 5.56 Å². The molecule has 1 unspecified atom stereocenters. The third kappa shape index (κ3) is 5.06. The van der Waals surface area contributed by atoms with Crippen molar-refractivity contribution in [2.24, 2.45) is 11.7 Å². The van der Waals surface area contributed by atoms with Crippen LogP contribution in [0.1, 0.15) is 37.0 Å². The van der Waals surface area contributed by atoms with Crippen molar-refractivity contribution < 1.29 is 19.5 Å². The quantitative estimate of drug-likeness (QED) is 0.471. The van der Waals surface area contributed by atoms with Gasteiger partial charge < -0.3 is 21.5 Å². The smallest absolute Gasteiger partial charge is 0.326 e. The first-order valence-electron chi connectivity index (χ1n) is 9.97. The minimum absolute atomic E-state index is 0.00809. The predicted molar refractivity (Wildman–Crippen MR) is 125 cm³/mol. The molecule has 0 saturated carbocycles. The van der Waals surface area contributed by atoms with E-state index in [0.29, 0.717) is 34.0 Å². The number of carboxylic acids is 1. The van der Waals surface area contributed by atoms with Gasteiger partial charge in [0.25, 0.3) is 0 Å². The van der Waals surface area contributed by atoms with Crippen LogP contribution in [0.5, 0.6) is 0 Å². The summed E-state index contributed by atoms with van der Waals surface area (Å²) in [4.78, 5) is 36.0. The number of hydrogen-bond acceptors (Lipinski definition) is 4. The molecule has 32 heavy (non-hydrogen) atoms. The number of nitrogens with two attached hydrogens (primary N) is 1. The van der Waals surface area contributed by atoms with Gasteiger partial charge in [0.15, 0.2) is 0 Å². The molecule has 1 atom stereocenters. The number of hydrogen-bond donors (Lipinski definition) is 4. The molecule has 0 aliphatic carbocycles. The van der Waals surface area contributed by atoms with Gasteiger partial charge in [-0.15, -0.1) is 0 Å².